The number of nitrogens with zero attached hydrogens (tertiary/aromatic N) is 5. The average Bonchev–Trinajstić information content (AvgIpc) is 3.58. The van der Waals surface area contributed by atoms with Crippen molar-refractivity contribution in [3.63, 3.8) is 0 Å². The van der Waals surface area contributed by atoms with Gasteiger partial charge in [0.05, 0.1) is 0 Å². The van der Waals surface area contributed by atoms with Crippen molar-refractivity contribution in [2.75, 3.05) is 19.6 Å². The lowest BCUT2D eigenvalue weighted by Crippen LogP contribution is -2.47. The number of likely N-dealkylation sites (tertiary alicyclic amines) is 1. The van der Waals surface area contributed by atoms with Crippen molar-refractivity contribution in [1.82, 2.24) is 24.6 Å². The number of amides is 1. The lowest BCUT2D eigenvalue weighted by atomic mass is 9.86. The molecule has 1 amide bonds. The summed E-state index contributed by atoms with van der Waals surface area (Å²) < 4.78 is 29.9. The average molecular weight is 540 g/mol. The second-order valence-corrected chi connectivity index (χ2v) is 13.0. The molecular weight excluding hydrogens is 496 g/mol. The van der Waals surface area contributed by atoms with E-state index in [4.69, 9.17) is 0 Å². The molecule has 1 aromatic carbocycles. The van der Waals surface area contributed by atoms with E-state index in [1.54, 1.807) is 0 Å². The smallest absolute Gasteiger partial charge is 0.248 e. The van der Waals surface area contributed by atoms with Gasteiger partial charge in [0.1, 0.15) is 11.6 Å². The predicted octanol–water partition coefficient (Wildman–Crippen LogP) is 5.95. The molecule has 1 aromatic heterocycles. The van der Waals surface area contributed by atoms with E-state index in [0.29, 0.717) is 49.3 Å². The minimum atomic E-state index is -2.61. The van der Waals surface area contributed by atoms with E-state index >= 15 is 0 Å². The second-order valence-electron chi connectivity index (χ2n) is 13.0. The van der Waals surface area contributed by atoms with Crippen LogP contribution >= 0.6 is 0 Å². The van der Waals surface area contributed by atoms with Crippen molar-refractivity contribution >= 4 is 5.91 Å². The Balaban J connectivity index is 1.17. The zero-order valence-electron chi connectivity index (χ0n) is 23.6. The summed E-state index contributed by atoms with van der Waals surface area (Å²) in [5.41, 5.74) is 1.29. The van der Waals surface area contributed by atoms with Gasteiger partial charge >= 0.3 is 0 Å². The molecule has 3 saturated heterocycles. The van der Waals surface area contributed by atoms with Gasteiger partial charge in [-0.25, -0.2) is 8.78 Å². The highest BCUT2D eigenvalue weighted by molar-refractivity contribution is 5.79. The summed E-state index contributed by atoms with van der Waals surface area (Å²) in [4.78, 5) is 18.3. The molecule has 1 aliphatic carbocycles. The Kier molecular flexibility index (Phi) is 7.27. The van der Waals surface area contributed by atoms with Gasteiger partial charge in [-0.1, -0.05) is 44.2 Å². The monoisotopic (exact) mass is 539 g/mol. The Hall–Kier alpha value is -2.35. The standard InChI is InChI=1S/C31H43F2N5O/c1-20(2)29-35-34-21(3)38(29)27-15-25-9-10-26(16-27)37(25)18-24-17-36(19-28(24)22-7-5-4-6-8-22)30(39)23-11-13-31(32,33)14-12-23/h4-8,20,23-28H,9-19H2,1-3H3/t24-,25-,26+,27?,28-/m1/s1. The number of carbonyl (C=O) groups excluding carboxylic acids is 1. The number of rotatable bonds is 6. The summed E-state index contributed by atoms with van der Waals surface area (Å²) in [6.07, 6.45) is 4.98. The first-order valence-electron chi connectivity index (χ1n) is 15.1. The van der Waals surface area contributed by atoms with Crippen LogP contribution in [0.15, 0.2) is 30.3 Å². The zero-order valence-corrected chi connectivity index (χ0v) is 23.6. The maximum atomic E-state index is 13.8. The third-order valence-corrected chi connectivity index (χ3v) is 10.1. The van der Waals surface area contributed by atoms with Crippen LogP contribution in [0.4, 0.5) is 8.78 Å². The first-order valence-corrected chi connectivity index (χ1v) is 15.1. The van der Waals surface area contributed by atoms with E-state index in [1.165, 1.54) is 18.4 Å². The van der Waals surface area contributed by atoms with Crippen LogP contribution in [0.2, 0.25) is 0 Å². The number of alkyl halides is 2. The van der Waals surface area contributed by atoms with E-state index < -0.39 is 5.92 Å². The van der Waals surface area contributed by atoms with Crippen LogP contribution in [0.3, 0.4) is 0 Å². The van der Waals surface area contributed by atoms with Crippen LogP contribution in [-0.4, -0.2) is 68.1 Å². The molecule has 4 aliphatic rings. The van der Waals surface area contributed by atoms with E-state index in [2.05, 4.69) is 64.7 Å². The molecule has 212 valence electrons. The quantitative estimate of drug-likeness (QED) is 0.456. The van der Waals surface area contributed by atoms with Gasteiger partial charge in [0.15, 0.2) is 0 Å². The summed E-state index contributed by atoms with van der Waals surface area (Å²) in [6.45, 7) is 8.89. The first kappa shape index (κ1) is 26.9. The predicted molar refractivity (Wildman–Crippen MR) is 147 cm³/mol. The fourth-order valence-electron chi connectivity index (χ4n) is 8.12. The highest BCUT2D eigenvalue weighted by atomic mass is 19.3. The van der Waals surface area contributed by atoms with Crippen molar-refractivity contribution in [1.29, 1.82) is 0 Å². The molecule has 6 rings (SSSR count). The van der Waals surface area contributed by atoms with Crippen LogP contribution in [-0.2, 0) is 4.79 Å². The minimum absolute atomic E-state index is 0.0971. The Labute approximate surface area is 231 Å². The van der Waals surface area contributed by atoms with Gasteiger partial charge < -0.3 is 9.47 Å². The van der Waals surface area contributed by atoms with Crippen molar-refractivity contribution in [3.8, 4) is 0 Å². The molecule has 3 aliphatic heterocycles. The van der Waals surface area contributed by atoms with E-state index in [0.717, 1.165) is 37.6 Å². The molecular formula is C31H43F2N5O. The maximum absolute atomic E-state index is 13.8. The van der Waals surface area contributed by atoms with Crippen LogP contribution < -0.4 is 0 Å². The van der Waals surface area contributed by atoms with E-state index in [1.807, 2.05) is 11.0 Å². The number of hydrogen-bond acceptors (Lipinski definition) is 4. The number of aryl methyl sites for hydroxylation is 1. The third-order valence-electron chi connectivity index (χ3n) is 10.1. The van der Waals surface area contributed by atoms with Crippen LogP contribution in [0.1, 0.15) is 100 Å². The summed E-state index contributed by atoms with van der Waals surface area (Å²) >= 11 is 0. The summed E-state index contributed by atoms with van der Waals surface area (Å²) in [6, 6.07) is 12.1. The Bertz CT molecular complexity index is 1140. The molecule has 2 aromatic rings. The highest BCUT2D eigenvalue weighted by Gasteiger charge is 2.47. The molecule has 0 N–H and O–H groups in total. The van der Waals surface area contributed by atoms with E-state index in [9.17, 15) is 13.6 Å². The van der Waals surface area contributed by atoms with Crippen molar-refractivity contribution < 1.29 is 13.6 Å². The molecule has 5 atom stereocenters. The van der Waals surface area contributed by atoms with Crippen molar-refractivity contribution in [2.24, 2.45) is 11.8 Å². The maximum Gasteiger partial charge on any atom is 0.248 e. The van der Waals surface area contributed by atoms with Gasteiger partial charge in [0.25, 0.3) is 0 Å². The second kappa shape index (κ2) is 10.6. The molecule has 39 heavy (non-hydrogen) atoms. The fourth-order valence-corrected chi connectivity index (χ4v) is 8.12. The van der Waals surface area contributed by atoms with E-state index in [-0.39, 0.29) is 30.6 Å². The van der Waals surface area contributed by atoms with Crippen LogP contribution in [0.5, 0.6) is 0 Å². The van der Waals surface area contributed by atoms with Gasteiger partial charge in [0, 0.05) is 68.4 Å². The Morgan fingerprint density at radius 2 is 1.64 bits per heavy atom. The molecule has 1 unspecified atom stereocenters. The molecule has 4 fully saturated rings. The van der Waals surface area contributed by atoms with Gasteiger partial charge in [-0.3, -0.25) is 9.69 Å². The van der Waals surface area contributed by atoms with Gasteiger partial charge in [-0.05, 0) is 56.9 Å². The summed E-state index contributed by atoms with van der Waals surface area (Å²) in [5.74, 6) is 0.336. The van der Waals surface area contributed by atoms with Crippen molar-refractivity contribution in [3.05, 3.63) is 47.5 Å². The summed E-state index contributed by atoms with van der Waals surface area (Å²) in [5, 5.41) is 8.92. The number of piperidine rings is 1. The lowest BCUT2D eigenvalue weighted by molar-refractivity contribution is -0.138. The molecule has 1 saturated carbocycles. The highest BCUT2D eigenvalue weighted by Crippen LogP contribution is 2.45. The molecule has 6 nitrogen and oxygen atoms in total. The Morgan fingerprint density at radius 3 is 2.28 bits per heavy atom. The normalized spacial score (nSPS) is 31.3. The van der Waals surface area contributed by atoms with Gasteiger partial charge in [0.2, 0.25) is 11.8 Å². The summed E-state index contributed by atoms with van der Waals surface area (Å²) in [7, 11) is 0. The largest absolute Gasteiger partial charge is 0.341 e. The molecule has 8 heteroatoms. The van der Waals surface area contributed by atoms with Gasteiger partial charge in [-0.15, -0.1) is 10.2 Å². The number of aromatic nitrogens is 3. The SMILES string of the molecule is Cc1nnc(C(C)C)n1C1C[C@H]2CC[C@@H](C1)N2C[C@H]1CN(C(=O)C2CCC(F)(F)CC2)C[C@@H]1c1ccccc1. The molecule has 0 spiro atoms. The number of hydrogen-bond donors (Lipinski definition) is 0. The van der Waals surface area contributed by atoms with Crippen LogP contribution in [0.25, 0.3) is 0 Å². The topological polar surface area (TPSA) is 54.3 Å². The zero-order chi connectivity index (χ0) is 27.3. The molecule has 2 bridgehead atoms. The number of benzene rings is 1. The first-order chi connectivity index (χ1) is 18.7. The third kappa shape index (κ3) is 5.25. The van der Waals surface area contributed by atoms with Gasteiger partial charge in [-0.2, -0.15) is 0 Å². The number of halogens is 2. The Morgan fingerprint density at radius 1 is 0.974 bits per heavy atom. The number of fused-ring (bicyclic) bond motifs is 2. The minimum Gasteiger partial charge on any atom is -0.341 e. The van der Waals surface area contributed by atoms with Crippen molar-refractivity contribution in [2.45, 2.75) is 108 Å². The number of carbonyl (C=O) groups is 1. The fraction of sp³-hybridized carbons (Fsp3) is 0.710. The lowest BCUT2D eigenvalue weighted by Gasteiger charge is -2.42. The molecule has 0 radical (unpaired) electrons. The molecule has 4 heterocycles. The van der Waals surface area contributed by atoms with Crippen LogP contribution in [0, 0.1) is 18.8 Å².